The molecule has 1 aliphatic heterocycles. The van der Waals surface area contributed by atoms with E-state index in [0.717, 1.165) is 5.56 Å². The third-order valence-corrected chi connectivity index (χ3v) is 3.46. The number of ether oxygens (including phenoxy) is 1. The third-order valence-electron chi connectivity index (χ3n) is 3.46. The molecular formula is C15H14FN3O2. The standard InChI is InChI=1S/C15H14FN3O2/c16-11-2-8-3-12(5-17)21-14(8)13(4-11)9-1-10(15(18)20)7-19-6-9/h1-2,4,6-7,12H,3,5,17H2,(H2,18,20)/t12-/m1/s1. The van der Waals surface area contributed by atoms with E-state index in [1.807, 2.05) is 0 Å². The number of hydrogen-bond donors (Lipinski definition) is 2. The lowest BCUT2D eigenvalue weighted by Crippen LogP contribution is -2.24. The van der Waals surface area contributed by atoms with Crippen molar-refractivity contribution in [3.63, 3.8) is 0 Å². The lowest BCUT2D eigenvalue weighted by molar-refractivity contribution is 0.1000. The van der Waals surface area contributed by atoms with Gasteiger partial charge in [0.15, 0.2) is 0 Å². The van der Waals surface area contributed by atoms with Crippen molar-refractivity contribution in [1.82, 2.24) is 4.98 Å². The minimum absolute atomic E-state index is 0.159. The highest BCUT2D eigenvalue weighted by Crippen LogP contribution is 2.39. The highest BCUT2D eigenvalue weighted by Gasteiger charge is 2.26. The Kier molecular flexibility index (Phi) is 3.31. The zero-order chi connectivity index (χ0) is 15.0. The number of nitrogens with zero attached hydrogens (tertiary/aromatic N) is 1. The molecule has 21 heavy (non-hydrogen) atoms. The molecule has 1 atom stereocenters. The van der Waals surface area contributed by atoms with Gasteiger partial charge in [0, 0.05) is 42.0 Å². The number of rotatable bonds is 3. The van der Waals surface area contributed by atoms with Crippen molar-refractivity contribution in [1.29, 1.82) is 0 Å². The van der Waals surface area contributed by atoms with Gasteiger partial charge in [-0.15, -0.1) is 0 Å². The number of benzene rings is 1. The van der Waals surface area contributed by atoms with Gasteiger partial charge in [-0.2, -0.15) is 0 Å². The smallest absolute Gasteiger partial charge is 0.250 e. The molecule has 0 bridgehead atoms. The summed E-state index contributed by atoms with van der Waals surface area (Å²) in [4.78, 5) is 15.2. The average Bonchev–Trinajstić information content (AvgIpc) is 2.89. The van der Waals surface area contributed by atoms with Crippen LogP contribution in [0.15, 0.2) is 30.6 Å². The Labute approximate surface area is 120 Å². The number of carbonyl (C=O) groups excluding carboxylic acids is 1. The normalized spacial score (nSPS) is 16.4. The Morgan fingerprint density at radius 3 is 2.90 bits per heavy atom. The van der Waals surface area contributed by atoms with Crippen molar-refractivity contribution in [3.05, 3.63) is 47.5 Å². The largest absolute Gasteiger partial charge is 0.488 e. The average molecular weight is 287 g/mol. The van der Waals surface area contributed by atoms with Crippen LogP contribution in [-0.4, -0.2) is 23.5 Å². The maximum atomic E-state index is 13.8. The summed E-state index contributed by atoms with van der Waals surface area (Å²) in [6.45, 7) is 0.356. The van der Waals surface area contributed by atoms with Gasteiger partial charge in [-0.1, -0.05) is 0 Å². The summed E-state index contributed by atoms with van der Waals surface area (Å²) in [6, 6.07) is 4.38. The maximum Gasteiger partial charge on any atom is 0.250 e. The number of hydrogen-bond acceptors (Lipinski definition) is 4. The highest BCUT2D eigenvalue weighted by molar-refractivity contribution is 5.94. The summed E-state index contributed by atoms with van der Waals surface area (Å²) in [5, 5.41) is 0. The number of halogens is 1. The van der Waals surface area contributed by atoms with E-state index in [1.54, 1.807) is 12.3 Å². The highest BCUT2D eigenvalue weighted by atomic mass is 19.1. The van der Waals surface area contributed by atoms with E-state index in [4.69, 9.17) is 16.2 Å². The molecule has 2 aromatic rings. The van der Waals surface area contributed by atoms with E-state index in [0.29, 0.717) is 29.8 Å². The van der Waals surface area contributed by atoms with Crippen LogP contribution in [0.3, 0.4) is 0 Å². The topological polar surface area (TPSA) is 91.2 Å². The molecule has 1 aromatic heterocycles. The molecular weight excluding hydrogens is 273 g/mol. The lowest BCUT2D eigenvalue weighted by atomic mass is 10.0. The van der Waals surface area contributed by atoms with Crippen molar-refractivity contribution in [3.8, 4) is 16.9 Å². The second kappa shape index (κ2) is 5.14. The minimum Gasteiger partial charge on any atom is -0.488 e. The summed E-state index contributed by atoms with van der Waals surface area (Å²) >= 11 is 0. The van der Waals surface area contributed by atoms with Crippen molar-refractivity contribution >= 4 is 5.91 Å². The molecule has 0 fully saturated rings. The molecule has 0 saturated carbocycles. The van der Waals surface area contributed by atoms with Crippen molar-refractivity contribution in [2.24, 2.45) is 11.5 Å². The number of carbonyl (C=O) groups is 1. The fourth-order valence-electron chi connectivity index (χ4n) is 2.46. The number of fused-ring (bicyclic) bond motifs is 1. The molecule has 0 spiro atoms. The molecule has 6 heteroatoms. The SMILES string of the molecule is NC[C@H]1Cc2cc(F)cc(-c3cncc(C(N)=O)c3)c2O1. The van der Waals surface area contributed by atoms with Crippen LogP contribution in [0, 0.1) is 5.82 Å². The summed E-state index contributed by atoms with van der Waals surface area (Å²) in [5.41, 5.74) is 13.0. The Hall–Kier alpha value is -2.47. The molecule has 3 rings (SSSR count). The van der Waals surface area contributed by atoms with E-state index in [-0.39, 0.29) is 17.5 Å². The molecule has 0 saturated heterocycles. The summed E-state index contributed by atoms with van der Waals surface area (Å²) in [5.74, 6) is -0.358. The molecule has 1 aliphatic rings. The molecule has 1 amide bonds. The Bertz CT molecular complexity index is 718. The molecule has 0 unspecified atom stereocenters. The first-order valence-corrected chi connectivity index (χ1v) is 6.53. The van der Waals surface area contributed by atoms with Crippen LogP contribution in [0.2, 0.25) is 0 Å². The number of amides is 1. The Balaban J connectivity index is 2.12. The van der Waals surface area contributed by atoms with Crippen molar-refractivity contribution in [2.75, 3.05) is 6.54 Å². The molecule has 5 nitrogen and oxygen atoms in total. The fraction of sp³-hybridized carbons (Fsp3) is 0.200. The van der Waals surface area contributed by atoms with Gasteiger partial charge >= 0.3 is 0 Å². The van der Waals surface area contributed by atoms with E-state index >= 15 is 0 Å². The molecule has 0 radical (unpaired) electrons. The number of pyridine rings is 1. The first-order chi connectivity index (χ1) is 10.1. The van der Waals surface area contributed by atoms with Gasteiger partial charge in [0.25, 0.3) is 0 Å². The molecule has 108 valence electrons. The van der Waals surface area contributed by atoms with Gasteiger partial charge in [-0.25, -0.2) is 4.39 Å². The summed E-state index contributed by atoms with van der Waals surface area (Å²) in [6.07, 6.45) is 3.32. The van der Waals surface area contributed by atoms with Crippen LogP contribution in [-0.2, 0) is 6.42 Å². The zero-order valence-corrected chi connectivity index (χ0v) is 11.2. The second-order valence-corrected chi connectivity index (χ2v) is 4.95. The first-order valence-electron chi connectivity index (χ1n) is 6.53. The van der Waals surface area contributed by atoms with E-state index < -0.39 is 5.91 Å². The number of primary amides is 1. The Morgan fingerprint density at radius 1 is 1.38 bits per heavy atom. The zero-order valence-electron chi connectivity index (χ0n) is 11.2. The predicted octanol–water partition coefficient (Wildman–Crippen LogP) is 1.25. The number of nitrogens with two attached hydrogens (primary N) is 2. The van der Waals surface area contributed by atoms with Crippen molar-refractivity contribution < 1.29 is 13.9 Å². The number of aromatic nitrogens is 1. The first kappa shape index (κ1) is 13.5. The molecule has 2 heterocycles. The quantitative estimate of drug-likeness (QED) is 0.888. The van der Waals surface area contributed by atoms with Gasteiger partial charge in [0.05, 0.1) is 5.56 Å². The monoisotopic (exact) mass is 287 g/mol. The van der Waals surface area contributed by atoms with Crippen molar-refractivity contribution in [2.45, 2.75) is 12.5 Å². The van der Waals surface area contributed by atoms with E-state index in [1.165, 1.54) is 18.3 Å². The summed E-state index contributed by atoms with van der Waals surface area (Å²) in [7, 11) is 0. The third kappa shape index (κ3) is 2.45. The molecule has 0 aliphatic carbocycles. The predicted molar refractivity (Wildman–Crippen MR) is 75.3 cm³/mol. The molecule has 4 N–H and O–H groups in total. The second-order valence-electron chi connectivity index (χ2n) is 4.95. The van der Waals surface area contributed by atoms with E-state index in [9.17, 15) is 9.18 Å². The summed E-state index contributed by atoms with van der Waals surface area (Å²) < 4.78 is 19.6. The van der Waals surface area contributed by atoms with E-state index in [2.05, 4.69) is 4.98 Å². The van der Waals surface area contributed by atoms with Crippen LogP contribution in [0.1, 0.15) is 15.9 Å². The van der Waals surface area contributed by atoms with Gasteiger partial charge in [0.2, 0.25) is 5.91 Å². The van der Waals surface area contributed by atoms with Gasteiger partial charge < -0.3 is 16.2 Å². The van der Waals surface area contributed by atoms with Crippen LogP contribution < -0.4 is 16.2 Å². The lowest BCUT2D eigenvalue weighted by Gasteiger charge is -2.11. The van der Waals surface area contributed by atoms with Gasteiger partial charge in [-0.05, 0) is 18.2 Å². The fourth-order valence-corrected chi connectivity index (χ4v) is 2.46. The minimum atomic E-state index is -0.585. The Morgan fingerprint density at radius 2 is 2.19 bits per heavy atom. The van der Waals surface area contributed by atoms with Crippen LogP contribution in [0.5, 0.6) is 5.75 Å². The maximum absolute atomic E-state index is 13.8. The van der Waals surface area contributed by atoms with Crippen LogP contribution in [0.4, 0.5) is 4.39 Å². The molecule has 1 aromatic carbocycles. The van der Waals surface area contributed by atoms with Crippen LogP contribution >= 0.6 is 0 Å². The van der Waals surface area contributed by atoms with Crippen LogP contribution in [0.25, 0.3) is 11.1 Å². The van der Waals surface area contributed by atoms with Gasteiger partial charge in [0.1, 0.15) is 17.7 Å². The van der Waals surface area contributed by atoms with Gasteiger partial charge in [-0.3, -0.25) is 9.78 Å².